The number of halogens is 3. The van der Waals surface area contributed by atoms with Gasteiger partial charge in [-0.25, -0.2) is 18.4 Å². The van der Waals surface area contributed by atoms with Crippen LogP contribution in [-0.4, -0.2) is 24.5 Å². The van der Waals surface area contributed by atoms with Crippen molar-refractivity contribution in [3.05, 3.63) is 35.8 Å². The van der Waals surface area contributed by atoms with E-state index >= 15 is 0 Å². The van der Waals surface area contributed by atoms with Crippen LogP contribution < -0.4 is 10.6 Å². The van der Waals surface area contributed by atoms with Gasteiger partial charge in [0.1, 0.15) is 5.00 Å². The van der Waals surface area contributed by atoms with Crippen molar-refractivity contribution in [2.45, 2.75) is 64.3 Å². The lowest BCUT2D eigenvalue weighted by atomic mass is 9.93. The molecule has 0 aromatic carbocycles. The lowest BCUT2D eigenvalue weighted by Crippen LogP contribution is -2.29. The third-order valence-corrected chi connectivity index (χ3v) is 8.85. The second kappa shape index (κ2) is 9.15. The van der Waals surface area contributed by atoms with Gasteiger partial charge in [-0.2, -0.15) is 0 Å². The van der Waals surface area contributed by atoms with Crippen LogP contribution in [-0.2, 0) is 37.0 Å². The monoisotopic (exact) mass is 532 g/mol. The number of carbonyl (C=O) groups is 2. The Kier molecular flexibility index (Phi) is 6.69. The zero-order valence-corrected chi connectivity index (χ0v) is 20.3. The maximum absolute atomic E-state index is 13.9. The van der Waals surface area contributed by atoms with Crippen LogP contribution in [0.1, 0.15) is 63.0 Å². The highest BCUT2D eigenvalue weighted by Crippen LogP contribution is 2.43. The number of hydrogen-bond donors (Lipinski definition) is 2. The highest BCUT2D eigenvalue weighted by atomic mass is 79.9. The Morgan fingerprint density at radius 1 is 1.13 bits per heavy atom. The van der Waals surface area contributed by atoms with E-state index in [9.17, 15) is 18.4 Å². The maximum atomic E-state index is 13.9. The summed E-state index contributed by atoms with van der Waals surface area (Å²) >= 11 is 6.36. The smallest absolute Gasteiger partial charge is 0.341 e. The van der Waals surface area contributed by atoms with Crippen LogP contribution in [0.25, 0.3) is 0 Å². The summed E-state index contributed by atoms with van der Waals surface area (Å²) in [7, 11) is 0. The molecule has 0 radical (unpaired) electrons. The largest absolute Gasteiger partial charge is 0.462 e. The standard InChI is InChI=1S/C21H23BrF2N2O3S2/c1-2-29-19(27)16-12-7-8-21(23,24)9-15(12)31-18(16)26-20(28)25-10-13-11-5-3-4-6-14(11)30-17(13)22/h2-10H2,1H3,(H2,25,26,28). The van der Waals surface area contributed by atoms with Crippen molar-refractivity contribution < 1.29 is 23.1 Å². The number of carbonyl (C=O) groups excluding carboxylic acids is 2. The van der Waals surface area contributed by atoms with Crippen molar-refractivity contribution in [3.63, 3.8) is 0 Å². The molecular formula is C21H23BrF2N2O3S2. The minimum absolute atomic E-state index is 0.0876. The van der Waals surface area contributed by atoms with Gasteiger partial charge in [-0.05, 0) is 71.6 Å². The molecule has 2 aliphatic carbocycles. The number of anilines is 1. The molecule has 31 heavy (non-hydrogen) atoms. The SMILES string of the molecule is CCOC(=O)c1c(NC(=O)NCc2c(Br)sc3c2CCCC3)sc2c1CCC(F)(F)C2. The molecule has 5 nitrogen and oxygen atoms in total. The second-order valence-corrected chi connectivity index (χ2v) is 11.3. The summed E-state index contributed by atoms with van der Waals surface area (Å²) in [5, 5.41) is 5.83. The zero-order chi connectivity index (χ0) is 22.2. The molecule has 0 saturated carbocycles. The lowest BCUT2D eigenvalue weighted by Gasteiger charge is -2.21. The molecule has 4 rings (SSSR count). The van der Waals surface area contributed by atoms with Gasteiger partial charge >= 0.3 is 12.0 Å². The van der Waals surface area contributed by atoms with Crippen molar-refractivity contribution in [2.75, 3.05) is 11.9 Å². The van der Waals surface area contributed by atoms with Crippen LogP contribution >= 0.6 is 38.6 Å². The highest BCUT2D eigenvalue weighted by molar-refractivity contribution is 9.11. The molecule has 2 heterocycles. The number of rotatable bonds is 5. The molecule has 0 unspecified atom stereocenters. The number of urea groups is 1. The minimum atomic E-state index is -2.80. The summed E-state index contributed by atoms with van der Waals surface area (Å²) in [4.78, 5) is 26.9. The normalized spacial score (nSPS) is 16.9. The predicted molar refractivity (Wildman–Crippen MR) is 122 cm³/mol. The number of hydrogen-bond acceptors (Lipinski definition) is 5. The first-order chi connectivity index (χ1) is 14.8. The van der Waals surface area contributed by atoms with Crippen LogP contribution in [0, 0.1) is 0 Å². The predicted octanol–water partition coefficient (Wildman–Crippen LogP) is 6.07. The Hall–Kier alpha value is -1.52. The van der Waals surface area contributed by atoms with Gasteiger partial charge in [0, 0.05) is 29.1 Å². The van der Waals surface area contributed by atoms with Gasteiger partial charge in [-0.3, -0.25) is 5.32 Å². The molecule has 2 aromatic rings. The topological polar surface area (TPSA) is 67.4 Å². The van der Waals surface area contributed by atoms with E-state index in [0.29, 0.717) is 17.0 Å². The van der Waals surface area contributed by atoms with Crippen LogP contribution in [0.15, 0.2) is 3.79 Å². The summed E-state index contributed by atoms with van der Waals surface area (Å²) in [6.07, 6.45) is 3.76. The minimum Gasteiger partial charge on any atom is -0.462 e. The highest BCUT2D eigenvalue weighted by Gasteiger charge is 2.39. The Bertz CT molecular complexity index is 1020. The Balaban J connectivity index is 1.51. The molecule has 0 fully saturated rings. The van der Waals surface area contributed by atoms with E-state index in [1.165, 1.54) is 16.9 Å². The molecule has 2 amide bonds. The molecule has 2 aromatic heterocycles. The van der Waals surface area contributed by atoms with Gasteiger partial charge in [-0.15, -0.1) is 22.7 Å². The van der Waals surface area contributed by atoms with E-state index < -0.39 is 24.3 Å². The Labute approximate surface area is 195 Å². The first-order valence-corrected chi connectivity index (χ1v) is 12.7. The first-order valence-electron chi connectivity index (χ1n) is 10.3. The fraction of sp³-hybridized carbons (Fsp3) is 0.524. The number of thiophene rings is 2. The molecule has 2 aliphatic rings. The second-order valence-electron chi connectivity index (χ2n) is 7.73. The van der Waals surface area contributed by atoms with E-state index in [1.807, 2.05) is 0 Å². The van der Waals surface area contributed by atoms with E-state index in [-0.39, 0.29) is 30.0 Å². The quantitative estimate of drug-likeness (QED) is 0.459. The van der Waals surface area contributed by atoms with E-state index in [2.05, 4.69) is 26.6 Å². The van der Waals surface area contributed by atoms with E-state index in [4.69, 9.17) is 4.74 Å². The third kappa shape index (κ3) is 4.80. The molecule has 0 aliphatic heterocycles. The number of aryl methyl sites for hydroxylation is 1. The molecule has 0 saturated heterocycles. The van der Waals surface area contributed by atoms with Gasteiger partial charge in [0.05, 0.1) is 16.0 Å². The molecule has 168 valence electrons. The van der Waals surface area contributed by atoms with Crippen molar-refractivity contribution >= 4 is 55.6 Å². The average Bonchev–Trinajstić information content (AvgIpc) is 3.21. The summed E-state index contributed by atoms with van der Waals surface area (Å²) in [6.45, 7) is 2.21. The zero-order valence-electron chi connectivity index (χ0n) is 17.0. The number of alkyl halides is 2. The van der Waals surface area contributed by atoms with Crippen molar-refractivity contribution in [2.24, 2.45) is 0 Å². The van der Waals surface area contributed by atoms with Crippen molar-refractivity contribution in [3.8, 4) is 0 Å². The number of nitrogens with one attached hydrogen (secondary N) is 2. The number of fused-ring (bicyclic) bond motifs is 2. The van der Waals surface area contributed by atoms with Crippen molar-refractivity contribution in [1.82, 2.24) is 5.32 Å². The van der Waals surface area contributed by atoms with Gasteiger partial charge in [0.15, 0.2) is 0 Å². The average molecular weight is 533 g/mol. The molecule has 0 atom stereocenters. The Morgan fingerprint density at radius 3 is 2.68 bits per heavy atom. The maximum Gasteiger partial charge on any atom is 0.341 e. The molecule has 10 heteroatoms. The number of amides is 2. The fourth-order valence-corrected chi connectivity index (χ4v) is 7.55. The molecular weight excluding hydrogens is 510 g/mol. The van der Waals surface area contributed by atoms with Gasteiger partial charge in [0.2, 0.25) is 0 Å². The van der Waals surface area contributed by atoms with Crippen molar-refractivity contribution in [1.29, 1.82) is 0 Å². The molecule has 0 bridgehead atoms. The van der Waals surface area contributed by atoms with Gasteiger partial charge in [0.25, 0.3) is 5.92 Å². The van der Waals surface area contributed by atoms with Crippen LogP contribution in [0.3, 0.4) is 0 Å². The summed E-state index contributed by atoms with van der Waals surface area (Å²) < 4.78 is 33.9. The summed E-state index contributed by atoms with van der Waals surface area (Å²) in [5.41, 5.74) is 3.18. The van der Waals surface area contributed by atoms with E-state index in [0.717, 1.165) is 39.9 Å². The fourth-order valence-electron chi connectivity index (χ4n) is 4.15. The third-order valence-electron chi connectivity index (χ3n) is 5.61. The molecule has 2 N–H and O–H groups in total. The van der Waals surface area contributed by atoms with Gasteiger partial charge < -0.3 is 10.1 Å². The van der Waals surface area contributed by atoms with Crippen LogP contribution in [0.5, 0.6) is 0 Å². The molecule has 0 spiro atoms. The van der Waals surface area contributed by atoms with E-state index in [1.54, 1.807) is 18.3 Å². The van der Waals surface area contributed by atoms with Crippen LogP contribution in [0.4, 0.5) is 18.6 Å². The lowest BCUT2D eigenvalue weighted by molar-refractivity contribution is -0.0114. The number of ether oxygens (including phenoxy) is 1. The summed E-state index contributed by atoms with van der Waals surface area (Å²) in [5.74, 6) is -3.39. The van der Waals surface area contributed by atoms with Crippen LogP contribution in [0.2, 0.25) is 0 Å². The number of esters is 1. The Morgan fingerprint density at radius 2 is 1.90 bits per heavy atom. The van der Waals surface area contributed by atoms with Gasteiger partial charge in [-0.1, -0.05) is 0 Å². The summed E-state index contributed by atoms with van der Waals surface area (Å²) in [6, 6.07) is -0.474. The first kappa shape index (κ1) is 22.7.